The van der Waals surface area contributed by atoms with E-state index in [-0.39, 0.29) is 12.1 Å². The zero-order valence-electron chi connectivity index (χ0n) is 13.9. The predicted octanol–water partition coefficient (Wildman–Crippen LogP) is 2.42. The monoisotopic (exact) mass is 337 g/mol. The van der Waals surface area contributed by atoms with Crippen LogP contribution in [0.4, 0.5) is 0 Å². The summed E-state index contributed by atoms with van der Waals surface area (Å²) in [6, 6.07) is 8.77. The average Bonchev–Trinajstić information content (AvgIpc) is 3.16. The Labute approximate surface area is 139 Å². The number of hydrogen-bond acceptors (Lipinski definition) is 4. The van der Waals surface area contributed by atoms with E-state index in [1.54, 1.807) is 0 Å². The molecular formula is C18H27NO3S. The first-order chi connectivity index (χ1) is 11.1. The van der Waals surface area contributed by atoms with Crippen LogP contribution in [0.25, 0.3) is 0 Å². The van der Waals surface area contributed by atoms with E-state index < -0.39 is 9.84 Å². The van der Waals surface area contributed by atoms with E-state index in [0.717, 1.165) is 45.4 Å². The smallest absolute Gasteiger partial charge is 0.151 e. The van der Waals surface area contributed by atoms with Gasteiger partial charge in [-0.15, -0.1) is 0 Å². The number of benzene rings is 1. The molecule has 128 valence electrons. The summed E-state index contributed by atoms with van der Waals surface area (Å²) in [5, 5.41) is 0. The lowest BCUT2D eigenvalue weighted by Crippen LogP contribution is -2.40. The molecule has 0 N–H and O–H groups in total. The fraction of sp³-hybridized carbons (Fsp3) is 0.667. The van der Waals surface area contributed by atoms with Crippen molar-refractivity contribution in [1.82, 2.24) is 4.90 Å². The van der Waals surface area contributed by atoms with Crippen molar-refractivity contribution in [2.75, 3.05) is 24.7 Å². The average molecular weight is 337 g/mol. The highest BCUT2D eigenvalue weighted by molar-refractivity contribution is 7.91. The fourth-order valence-corrected chi connectivity index (χ4v) is 5.40. The Morgan fingerprint density at radius 1 is 1.26 bits per heavy atom. The number of ether oxygens (including phenoxy) is 1. The second kappa shape index (κ2) is 7.32. The minimum absolute atomic E-state index is 0.134. The second-order valence-corrected chi connectivity index (χ2v) is 9.02. The molecule has 2 atom stereocenters. The maximum Gasteiger partial charge on any atom is 0.151 e. The molecule has 2 aliphatic heterocycles. The van der Waals surface area contributed by atoms with Gasteiger partial charge in [0.05, 0.1) is 17.6 Å². The lowest BCUT2D eigenvalue weighted by atomic mass is 10.1. The molecule has 1 aromatic carbocycles. The van der Waals surface area contributed by atoms with Gasteiger partial charge in [-0.1, -0.05) is 31.2 Å². The molecule has 2 heterocycles. The third-order valence-electron chi connectivity index (χ3n) is 4.97. The maximum absolute atomic E-state index is 11.9. The van der Waals surface area contributed by atoms with Crippen molar-refractivity contribution in [3.63, 3.8) is 0 Å². The van der Waals surface area contributed by atoms with Gasteiger partial charge < -0.3 is 4.74 Å². The highest BCUT2D eigenvalue weighted by Crippen LogP contribution is 2.23. The molecule has 0 radical (unpaired) electrons. The van der Waals surface area contributed by atoms with Gasteiger partial charge in [-0.2, -0.15) is 0 Å². The third kappa shape index (κ3) is 4.55. The largest absolute Gasteiger partial charge is 0.377 e. The molecule has 0 bridgehead atoms. The molecule has 0 aromatic heterocycles. The highest BCUT2D eigenvalue weighted by atomic mass is 32.2. The number of aryl methyl sites for hydroxylation is 1. The van der Waals surface area contributed by atoms with Crippen LogP contribution in [0.1, 0.15) is 37.3 Å². The normalized spacial score (nSPS) is 26.9. The molecule has 0 unspecified atom stereocenters. The van der Waals surface area contributed by atoms with Gasteiger partial charge in [0.15, 0.2) is 9.84 Å². The molecule has 0 spiro atoms. The Bertz CT molecular complexity index is 623. The Hall–Kier alpha value is -0.910. The molecule has 4 nitrogen and oxygen atoms in total. The van der Waals surface area contributed by atoms with E-state index in [2.05, 4.69) is 36.1 Å². The summed E-state index contributed by atoms with van der Waals surface area (Å²) in [6.45, 7) is 4.66. The van der Waals surface area contributed by atoms with E-state index in [9.17, 15) is 8.42 Å². The van der Waals surface area contributed by atoms with Crippen LogP contribution in [0, 0.1) is 0 Å². The Kier molecular flexibility index (Phi) is 5.39. The summed E-state index contributed by atoms with van der Waals surface area (Å²) in [5.41, 5.74) is 2.60. The first-order valence-electron chi connectivity index (χ1n) is 8.69. The number of sulfone groups is 1. The predicted molar refractivity (Wildman–Crippen MR) is 92.3 cm³/mol. The van der Waals surface area contributed by atoms with E-state index >= 15 is 0 Å². The summed E-state index contributed by atoms with van der Waals surface area (Å²) in [4.78, 5) is 2.34. The van der Waals surface area contributed by atoms with Crippen LogP contribution in [-0.4, -0.2) is 50.1 Å². The minimum Gasteiger partial charge on any atom is -0.377 e. The van der Waals surface area contributed by atoms with E-state index in [4.69, 9.17) is 4.74 Å². The van der Waals surface area contributed by atoms with Crippen molar-refractivity contribution < 1.29 is 13.2 Å². The molecule has 2 aliphatic rings. The number of nitrogens with zero attached hydrogens (tertiary/aromatic N) is 1. The molecule has 2 fully saturated rings. The van der Waals surface area contributed by atoms with Crippen LogP contribution in [0.15, 0.2) is 24.3 Å². The first-order valence-corrected chi connectivity index (χ1v) is 10.5. The minimum atomic E-state index is -2.86. The second-order valence-electron chi connectivity index (χ2n) is 6.79. The van der Waals surface area contributed by atoms with Gasteiger partial charge in [-0.3, -0.25) is 4.90 Å². The number of hydrogen-bond donors (Lipinski definition) is 0. The van der Waals surface area contributed by atoms with Gasteiger partial charge >= 0.3 is 0 Å². The van der Waals surface area contributed by atoms with E-state index in [0.29, 0.717) is 11.5 Å². The van der Waals surface area contributed by atoms with Gasteiger partial charge in [0, 0.05) is 25.7 Å². The zero-order chi connectivity index (χ0) is 16.3. The fourth-order valence-electron chi connectivity index (χ4n) is 3.64. The summed E-state index contributed by atoms with van der Waals surface area (Å²) in [6.07, 6.45) is 4.24. The quantitative estimate of drug-likeness (QED) is 0.800. The van der Waals surface area contributed by atoms with Crippen LogP contribution >= 0.6 is 0 Å². The Morgan fingerprint density at radius 2 is 2.09 bits per heavy atom. The zero-order valence-corrected chi connectivity index (χ0v) is 14.7. The standard InChI is InChI=1S/C18H27NO3S/c1-2-15-5-3-6-16(11-15)12-19(13-18-7-4-9-22-18)17-8-10-23(20,21)14-17/h3,5-6,11,17-18H,2,4,7-10,12-14H2,1H3/t17-,18-/m1/s1. The summed E-state index contributed by atoms with van der Waals surface area (Å²) < 4.78 is 29.5. The first kappa shape index (κ1) is 16.9. The van der Waals surface area contributed by atoms with Gasteiger partial charge in [-0.25, -0.2) is 8.42 Å². The SMILES string of the molecule is CCc1cccc(CN(C[C@H]2CCCO2)[C@@H]2CCS(=O)(=O)C2)c1. The van der Waals surface area contributed by atoms with Gasteiger partial charge in [-0.05, 0) is 36.8 Å². The van der Waals surface area contributed by atoms with Crippen LogP contribution in [0.5, 0.6) is 0 Å². The van der Waals surface area contributed by atoms with Crippen LogP contribution in [0.3, 0.4) is 0 Å². The van der Waals surface area contributed by atoms with Crippen LogP contribution in [0.2, 0.25) is 0 Å². The molecule has 5 heteroatoms. The van der Waals surface area contributed by atoms with E-state index in [1.807, 2.05) is 0 Å². The Balaban J connectivity index is 1.73. The molecule has 0 saturated carbocycles. The molecule has 23 heavy (non-hydrogen) atoms. The lowest BCUT2D eigenvalue weighted by Gasteiger charge is -2.30. The molecule has 0 amide bonds. The molecular weight excluding hydrogens is 310 g/mol. The highest BCUT2D eigenvalue weighted by Gasteiger charge is 2.33. The maximum atomic E-state index is 11.9. The van der Waals surface area contributed by atoms with Crippen LogP contribution < -0.4 is 0 Å². The van der Waals surface area contributed by atoms with Gasteiger partial charge in [0.2, 0.25) is 0 Å². The molecule has 1 aromatic rings. The van der Waals surface area contributed by atoms with Gasteiger partial charge in [0.1, 0.15) is 0 Å². The van der Waals surface area contributed by atoms with Crippen molar-refractivity contribution >= 4 is 9.84 Å². The van der Waals surface area contributed by atoms with Crippen molar-refractivity contribution in [3.8, 4) is 0 Å². The molecule has 2 saturated heterocycles. The van der Waals surface area contributed by atoms with Crippen LogP contribution in [-0.2, 0) is 27.5 Å². The summed E-state index contributed by atoms with van der Waals surface area (Å²) in [5.74, 6) is 0.627. The van der Waals surface area contributed by atoms with Crippen molar-refractivity contribution in [2.24, 2.45) is 0 Å². The topological polar surface area (TPSA) is 46.6 Å². The van der Waals surface area contributed by atoms with E-state index in [1.165, 1.54) is 11.1 Å². The summed E-state index contributed by atoms with van der Waals surface area (Å²) >= 11 is 0. The van der Waals surface area contributed by atoms with Gasteiger partial charge in [0.25, 0.3) is 0 Å². The molecule has 3 rings (SSSR count). The Morgan fingerprint density at radius 3 is 2.74 bits per heavy atom. The number of rotatable bonds is 6. The lowest BCUT2D eigenvalue weighted by molar-refractivity contribution is 0.0574. The third-order valence-corrected chi connectivity index (χ3v) is 6.72. The summed E-state index contributed by atoms with van der Waals surface area (Å²) in [7, 11) is -2.86. The van der Waals surface area contributed by atoms with Crippen molar-refractivity contribution in [3.05, 3.63) is 35.4 Å². The van der Waals surface area contributed by atoms with Crippen molar-refractivity contribution in [2.45, 2.75) is 51.3 Å². The van der Waals surface area contributed by atoms with Crippen molar-refractivity contribution in [1.29, 1.82) is 0 Å². The molecule has 0 aliphatic carbocycles.